The molecule has 1 atom stereocenters. The van der Waals surface area contributed by atoms with Crippen LogP contribution in [-0.2, 0) is 9.53 Å². The number of allylic oxidation sites excluding steroid dienone is 1. The summed E-state index contributed by atoms with van der Waals surface area (Å²) in [6.07, 6.45) is 8.73. The quantitative estimate of drug-likeness (QED) is 0.476. The van der Waals surface area contributed by atoms with Crippen molar-refractivity contribution in [2.75, 3.05) is 6.61 Å². The molecule has 0 saturated carbocycles. The predicted molar refractivity (Wildman–Crippen MR) is 48.0 cm³/mol. The van der Waals surface area contributed by atoms with Crippen LogP contribution in [0.2, 0.25) is 0 Å². The molecule has 0 aromatic carbocycles. The molecule has 1 unspecified atom stereocenters. The van der Waals surface area contributed by atoms with E-state index in [0.717, 1.165) is 38.6 Å². The van der Waals surface area contributed by atoms with Crippen molar-refractivity contribution in [1.82, 2.24) is 0 Å². The zero-order valence-corrected chi connectivity index (χ0v) is 7.58. The topological polar surface area (TPSA) is 26.3 Å². The highest BCUT2D eigenvalue weighted by atomic mass is 16.5. The summed E-state index contributed by atoms with van der Waals surface area (Å²) >= 11 is 0. The van der Waals surface area contributed by atoms with E-state index < -0.39 is 5.60 Å². The van der Waals surface area contributed by atoms with Crippen LogP contribution in [0.5, 0.6) is 0 Å². The van der Waals surface area contributed by atoms with Gasteiger partial charge in [0.15, 0.2) is 6.29 Å². The fraction of sp³-hybridized carbons (Fsp3) is 0.700. The lowest BCUT2D eigenvalue weighted by molar-refractivity contribution is -0.137. The Hall–Kier alpha value is -0.630. The van der Waals surface area contributed by atoms with Crippen molar-refractivity contribution in [3.63, 3.8) is 0 Å². The smallest absolute Gasteiger partial charge is 0.152 e. The van der Waals surface area contributed by atoms with E-state index in [1.54, 1.807) is 0 Å². The van der Waals surface area contributed by atoms with Crippen molar-refractivity contribution in [3.8, 4) is 0 Å². The zero-order valence-electron chi connectivity index (χ0n) is 7.58. The van der Waals surface area contributed by atoms with Crippen LogP contribution in [0.4, 0.5) is 0 Å². The van der Waals surface area contributed by atoms with Crippen LogP contribution in [-0.4, -0.2) is 18.5 Å². The summed E-state index contributed by atoms with van der Waals surface area (Å²) < 4.78 is 5.50. The molecule has 0 aromatic rings. The minimum Gasteiger partial charge on any atom is -0.367 e. The van der Waals surface area contributed by atoms with Gasteiger partial charge >= 0.3 is 0 Å². The van der Waals surface area contributed by atoms with E-state index in [1.807, 2.05) is 19.1 Å². The van der Waals surface area contributed by atoms with Crippen molar-refractivity contribution < 1.29 is 9.53 Å². The highest BCUT2D eigenvalue weighted by Crippen LogP contribution is 2.26. The molecule has 1 aliphatic rings. The van der Waals surface area contributed by atoms with Gasteiger partial charge in [-0.2, -0.15) is 0 Å². The molecule has 1 heterocycles. The molecule has 0 aliphatic carbocycles. The summed E-state index contributed by atoms with van der Waals surface area (Å²) in [4.78, 5) is 10.8. The van der Waals surface area contributed by atoms with Gasteiger partial charge in [-0.05, 0) is 26.2 Å². The van der Waals surface area contributed by atoms with Crippen molar-refractivity contribution in [2.24, 2.45) is 0 Å². The monoisotopic (exact) mass is 168 g/mol. The van der Waals surface area contributed by atoms with Crippen LogP contribution < -0.4 is 0 Å². The van der Waals surface area contributed by atoms with E-state index in [-0.39, 0.29) is 0 Å². The third-order valence-corrected chi connectivity index (χ3v) is 2.30. The van der Waals surface area contributed by atoms with Gasteiger partial charge < -0.3 is 9.53 Å². The lowest BCUT2D eigenvalue weighted by Gasteiger charge is -2.31. The highest BCUT2D eigenvalue weighted by molar-refractivity contribution is 5.63. The average Bonchev–Trinajstić information content (AvgIpc) is 2.16. The maximum Gasteiger partial charge on any atom is 0.152 e. The molecule has 2 nitrogen and oxygen atoms in total. The molecule has 0 amide bonds. The number of rotatable bonds is 3. The summed E-state index contributed by atoms with van der Waals surface area (Å²) in [5.41, 5.74) is -0.495. The summed E-state index contributed by atoms with van der Waals surface area (Å²) in [5.74, 6) is 0. The van der Waals surface area contributed by atoms with Gasteiger partial charge in [-0.1, -0.05) is 12.2 Å². The maximum absolute atomic E-state index is 10.8. The first kappa shape index (κ1) is 9.46. The molecule has 12 heavy (non-hydrogen) atoms. The molecule has 1 rings (SSSR count). The summed E-state index contributed by atoms with van der Waals surface area (Å²) in [7, 11) is 0. The van der Waals surface area contributed by atoms with E-state index in [9.17, 15) is 4.79 Å². The summed E-state index contributed by atoms with van der Waals surface area (Å²) in [5, 5.41) is 0. The summed E-state index contributed by atoms with van der Waals surface area (Å²) in [6.45, 7) is 2.69. The van der Waals surface area contributed by atoms with Crippen LogP contribution >= 0.6 is 0 Å². The van der Waals surface area contributed by atoms with E-state index >= 15 is 0 Å². The second kappa shape index (κ2) is 4.41. The normalized spacial score (nSPS) is 30.8. The summed E-state index contributed by atoms with van der Waals surface area (Å²) in [6, 6.07) is 0. The molecule has 1 saturated heterocycles. The molecule has 0 bridgehead atoms. The van der Waals surface area contributed by atoms with Crippen LogP contribution in [0.3, 0.4) is 0 Å². The molecule has 0 aromatic heterocycles. The lowest BCUT2D eigenvalue weighted by atomic mass is 9.92. The van der Waals surface area contributed by atoms with E-state index in [0.29, 0.717) is 0 Å². The second-order valence-electron chi connectivity index (χ2n) is 3.26. The highest BCUT2D eigenvalue weighted by Gasteiger charge is 2.31. The van der Waals surface area contributed by atoms with Gasteiger partial charge in [0.2, 0.25) is 0 Å². The van der Waals surface area contributed by atoms with Gasteiger partial charge in [0.05, 0.1) is 0 Å². The van der Waals surface area contributed by atoms with Crippen molar-refractivity contribution >= 4 is 6.29 Å². The molecule has 1 fully saturated rings. The molecule has 0 N–H and O–H groups in total. The van der Waals surface area contributed by atoms with Crippen molar-refractivity contribution in [2.45, 2.75) is 38.2 Å². The number of carbonyl (C=O) groups is 1. The van der Waals surface area contributed by atoms with Crippen molar-refractivity contribution in [1.29, 1.82) is 0 Å². The minimum absolute atomic E-state index is 0.495. The molecular formula is C10H16O2. The molecule has 2 heteroatoms. The van der Waals surface area contributed by atoms with Gasteiger partial charge in [0, 0.05) is 13.0 Å². The Kier molecular flexibility index (Phi) is 3.48. The fourth-order valence-electron chi connectivity index (χ4n) is 1.49. The molecule has 0 radical (unpaired) electrons. The van der Waals surface area contributed by atoms with Crippen LogP contribution in [0, 0.1) is 0 Å². The van der Waals surface area contributed by atoms with E-state index in [1.165, 1.54) is 0 Å². The molecule has 68 valence electrons. The Bertz CT molecular complexity index is 167. The Morgan fingerprint density at radius 3 is 2.83 bits per heavy atom. The number of aldehydes is 1. The Morgan fingerprint density at radius 1 is 1.50 bits per heavy atom. The average molecular weight is 168 g/mol. The Labute approximate surface area is 73.6 Å². The maximum atomic E-state index is 10.8. The zero-order chi connectivity index (χ0) is 8.86. The number of hydrogen-bond donors (Lipinski definition) is 0. The lowest BCUT2D eigenvalue weighted by Crippen LogP contribution is -2.37. The third-order valence-electron chi connectivity index (χ3n) is 2.30. The van der Waals surface area contributed by atoms with Crippen LogP contribution in [0.25, 0.3) is 0 Å². The first-order valence-corrected chi connectivity index (χ1v) is 4.54. The molecule has 1 aliphatic heterocycles. The second-order valence-corrected chi connectivity index (χ2v) is 3.26. The fourth-order valence-corrected chi connectivity index (χ4v) is 1.49. The van der Waals surface area contributed by atoms with Gasteiger partial charge in [-0.15, -0.1) is 0 Å². The van der Waals surface area contributed by atoms with Crippen molar-refractivity contribution in [3.05, 3.63) is 12.2 Å². The van der Waals surface area contributed by atoms with Crippen LogP contribution in [0.15, 0.2) is 12.2 Å². The van der Waals surface area contributed by atoms with Gasteiger partial charge in [-0.25, -0.2) is 0 Å². The van der Waals surface area contributed by atoms with E-state index in [4.69, 9.17) is 4.74 Å². The van der Waals surface area contributed by atoms with Crippen LogP contribution in [0.1, 0.15) is 32.6 Å². The first-order chi connectivity index (χ1) is 5.83. The molecular weight excluding hydrogens is 152 g/mol. The Morgan fingerprint density at radius 2 is 2.33 bits per heavy atom. The number of ether oxygens (including phenoxy) is 1. The number of carbonyl (C=O) groups excluding carboxylic acids is 1. The molecule has 0 spiro atoms. The predicted octanol–water partition coefficient (Wildman–Crippen LogP) is 2.09. The standard InChI is InChI=1S/C10H16O2/c1-2-3-6-10(9-11)7-4-5-8-12-10/h2-3,9H,4-8H2,1H3/b3-2+. The van der Waals surface area contributed by atoms with E-state index in [2.05, 4.69) is 0 Å². The number of hydrogen-bond acceptors (Lipinski definition) is 2. The minimum atomic E-state index is -0.495. The van der Waals surface area contributed by atoms with Gasteiger partial charge in [0.1, 0.15) is 5.60 Å². The van der Waals surface area contributed by atoms with Gasteiger partial charge in [-0.3, -0.25) is 0 Å². The largest absolute Gasteiger partial charge is 0.367 e. The van der Waals surface area contributed by atoms with Gasteiger partial charge in [0.25, 0.3) is 0 Å². The Balaban J connectivity index is 2.53. The SMILES string of the molecule is C/C=C/CC1(C=O)CCCCO1. The third kappa shape index (κ3) is 2.18. The first-order valence-electron chi connectivity index (χ1n) is 4.54.